The molecule has 0 radical (unpaired) electrons. The van der Waals surface area contributed by atoms with Crippen molar-refractivity contribution >= 4 is 21.5 Å². The first kappa shape index (κ1) is 21.3. The van der Waals surface area contributed by atoms with E-state index in [2.05, 4.69) is 110 Å². The van der Waals surface area contributed by atoms with Crippen LogP contribution in [0.2, 0.25) is 0 Å². The van der Waals surface area contributed by atoms with Gasteiger partial charge in [0.05, 0.1) is 6.61 Å². The Morgan fingerprint density at radius 3 is 1.82 bits per heavy atom. The van der Waals surface area contributed by atoms with Crippen molar-refractivity contribution in [3.05, 3.63) is 103 Å². The Labute approximate surface area is 196 Å². The lowest BCUT2D eigenvalue weighted by molar-refractivity contribution is 0.306. The minimum Gasteiger partial charge on any atom is -0.493 e. The zero-order chi connectivity index (χ0) is 22.5. The maximum atomic E-state index is 6.52. The van der Waals surface area contributed by atoms with E-state index in [0.29, 0.717) is 0 Å². The van der Waals surface area contributed by atoms with Crippen LogP contribution in [-0.2, 0) is 0 Å². The molecule has 0 saturated heterocycles. The molecule has 0 atom stereocenters. The minimum atomic E-state index is 0.743. The van der Waals surface area contributed by atoms with Crippen molar-refractivity contribution < 1.29 is 4.74 Å². The second-order valence-electron chi connectivity index (χ2n) is 8.69. The van der Waals surface area contributed by atoms with Gasteiger partial charge in [0.2, 0.25) is 0 Å². The van der Waals surface area contributed by atoms with Crippen LogP contribution in [0, 0.1) is 0 Å². The lowest BCUT2D eigenvalue weighted by Gasteiger charge is -2.20. The molecule has 0 aliphatic carbocycles. The maximum Gasteiger partial charge on any atom is 0.128 e. The van der Waals surface area contributed by atoms with E-state index in [1.165, 1.54) is 63.1 Å². The van der Waals surface area contributed by atoms with Gasteiger partial charge in [-0.05, 0) is 57.3 Å². The molecule has 0 amide bonds. The Morgan fingerprint density at radius 2 is 1.15 bits per heavy atom. The average molecular weight is 431 g/mol. The predicted molar refractivity (Wildman–Crippen MR) is 142 cm³/mol. The molecule has 0 unspecified atom stereocenters. The fourth-order valence-electron chi connectivity index (χ4n) is 4.69. The van der Waals surface area contributed by atoms with Gasteiger partial charge in [0, 0.05) is 11.1 Å². The fraction of sp³-hybridized carbons (Fsp3) is 0.188. The SMILES string of the molecule is CCCCCCOc1cc2cc3ccccc3cc2c(-c2ccccc2)c1-c1ccccc1. The normalized spacial score (nSPS) is 11.2. The predicted octanol–water partition coefficient (Wildman–Crippen LogP) is 9.29. The van der Waals surface area contributed by atoms with Crippen LogP contribution in [0.4, 0.5) is 0 Å². The smallest absolute Gasteiger partial charge is 0.128 e. The summed E-state index contributed by atoms with van der Waals surface area (Å²) < 4.78 is 6.52. The van der Waals surface area contributed by atoms with Crippen LogP contribution in [0.3, 0.4) is 0 Å². The van der Waals surface area contributed by atoms with Gasteiger partial charge in [-0.1, -0.05) is 111 Å². The van der Waals surface area contributed by atoms with Gasteiger partial charge in [-0.25, -0.2) is 0 Å². The molecule has 0 saturated carbocycles. The Morgan fingerprint density at radius 1 is 0.545 bits per heavy atom. The maximum absolute atomic E-state index is 6.52. The van der Waals surface area contributed by atoms with Crippen molar-refractivity contribution in [3.8, 4) is 28.0 Å². The minimum absolute atomic E-state index is 0.743. The Hall–Kier alpha value is -3.58. The number of hydrogen-bond donors (Lipinski definition) is 0. The van der Waals surface area contributed by atoms with Gasteiger partial charge in [0.1, 0.15) is 5.75 Å². The highest BCUT2D eigenvalue weighted by Gasteiger charge is 2.18. The summed E-state index contributed by atoms with van der Waals surface area (Å²) in [5.41, 5.74) is 4.83. The van der Waals surface area contributed by atoms with E-state index in [1.807, 2.05) is 0 Å². The molecule has 5 aromatic carbocycles. The monoisotopic (exact) mass is 430 g/mol. The summed E-state index contributed by atoms with van der Waals surface area (Å²) in [4.78, 5) is 0. The van der Waals surface area contributed by atoms with Crippen LogP contribution in [0.1, 0.15) is 32.6 Å². The van der Waals surface area contributed by atoms with Crippen molar-refractivity contribution in [2.24, 2.45) is 0 Å². The van der Waals surface area contributed by atoms with Gasteiger partial charge in [-0.2, -0.15) is 0 Å². The Bertz CT molecular complexity index is 1350. The number of unbranched alkanes of at least 4 members (excludes halogenated alkanes) is 3. The highest BCUT2D eigenvalue weighted by molar-refractivity contribution is 6.11. The number of hydrogen-bond acceptors (Lipinski definition) is 1. The molecule has 0 heterocycles. The number of ether oxygens (including phenoxy) is 1. The van der Waals surface area contributed by atoms with E-state index in [4.69, 9.17) is 4.74 Å². The molecule has 33 heavy (non-hydrogen) atoms. The molecular weight excluding hydrogens is 400 g/mol. The van der Waals surface area contributed by atoms with Crippen molar-refractivity contribution in [2.75, 3.05) is 6.61 Å². The second-order valence-corrected chi connectivity index (χ2v) is 8.69. The lowest BCUT2D eigenvalue weighted by Crippen LogP contribution is -2.01. The summed E-state index contributed by atoms with van der Waals surface area (Å²) in [5.74, 6) is 0.972. The van der Waals surface area contributed by atoms with Gasteiger partial charge < -0.3 is 4.74 Å². The first-order valence-electron chi connectivity index (χ1n) is 12.1. The second kappa shape index (κ2) is 9.92. The van der Waals surface area contributed by atoms with Crippen molar-refractivity contribution in [1.29, 1.82) is 0 Å². The lowest BCUT2D eigenvalue weighted by atomic mass is 9.88. The molecule has 5 aromatic rings. The van der Waals surface area contributed by atoms with Crippen LogP contribution < -0.4 is 4.74 Å². The molecular formula is C32H30O. The molecule has 0 aliphatic heterocycles. The Kier molecular flexibility index (Phi) is 6.39. The topological polar surface area (TPSA) is 9.23 Å². The zero-order valence-corrected chi connectivity index (χ0v) is 19.3. The summed E-state index contributed by atoms with van der Waals surface area (Å²) in [7, 11) is 0. The average Bonchev–Trinajstić information content (AvgIpc) is 2.87. The summed E-state index contributed by atoms with van der Waals surface area (Å²) in [5, 5.41) is 4.99. The summed E-state index contributed by atoms with van der Waals surface area (Å²) in [6.07, 6.45) is 4.78. The highest BCUT2D eigenvalue weighted by Crippen LogP contribution is 2.45. The first-order valence-corrected chi connectivity index (χ1v) is 12.1. The molecule has 0 bridgehead atoms. The van der Waals surface area contributed by atoms with Crippen molar-refractivity contribution in [1.82, 2.24) is 0 Å². The van der Waals surface area contributed by atoms with E-state index in [-0.39, 0.29) is 0 Å². The van der Waals surface area contributed by atoms with Gasteiger partial charge in [0.15, 0.2) is 0 Å². The number of fused-ring (bicyclic) bond motifs is 2. The number of benzene rings is 5. The van der Waals surface area contributed by atoms with Crippen molar-refractivity contribution in [2.45, 2.75) is 32.6 Å². The zero-order valence-electron chi connectivity index (χ0n) is 19.3. The standard InChI is InChI=1S/C32H30O/c1-2-3-4-13-20-33-30-23-28-21-26-18-11-12-19-27(26)22-29(28)31(24-14-7-5-8-15-24)32(30)25-16-9-6-10-17-25/h5-12,14-19,21-23H,2-4,13,20H2,1H3. The van der Waals surface area contributed by atoms with Gasteiger partial charge in [-0.15, -0.1) is 0 Å². The molecule has 0 aliphatic rings. The largest absolute Gasteiger partial charge is 0.493 e. The molecule has 0 aromatic heterocycles. The van der Waals surface area contributed by atoms with Gasteiger partial charge in [-0.3, -0.25) is 0 Å². The summed E-state index contributed by atoms with van der Waals surface area (Å²) in [6.45, 7) is 2.99. The molecule has 1 nitrogen and oxygen atoms in total. The van der Waals surface area contributed by atoms with Crippen LogP contribution >= 0.6 is 0 Å². The Balaban J connectivity index is 1.77. The van der Waals surface area contributed by atoms with Gasteiger partial charge >= 0.3 is 0 Å². The quantitative estimate of drug-likeness (QED) is 0.176. The van der Waals surface area contributed by atoms with E-state index in [0.717, 1.165) is 18.8 Å². The number of rotatable bonds is 8. The van der Waals surface area contributed by atoms with Crippen LogP contribution in [-0.4, -0.2) is 6.61 Å². The van der Waals surface area contributed by atoms with E-state index >= 15 is 0 Å². The molecule has 0 fully saturated rings. The third-order valence-corrected chi connectivity index (χ3v) is 6.35. The summed E-state index contributed by atoms with van der Waals surface area (Å²) >= 11 is 0. The highest BCUT2D eigenvalue weighted by atomic mass is 16.5. The van der Waals surface area contributed by atoms with Crippen LogP contribution in [0.25, 0.3) is 43.8 Å². The molecule has 5 rings (SSSR count). The van der Waals surface area contributed by atoms with Gasteiger partial charge in [0.25, 0.3) is 0 Å². The van der Waals surface area contributed by atoms with E-state index in [9.17, 15) is 0 Å². The third kappa shape index (κ3) is 4.50. The van der Waals surface area contributed by atoms with Crippen LogP contribution in [0.15, 0.2) is 103 Å². The molecule has 164 valence electrons. The molecule has 0 spiro atoms. The van der Waals surface area contributed by atoms with Crippen molar-refractivity contribution in [3.63, 3.8) is 0 Å². The molecule has 0 N–H and O–H groups in total. The first-order chi connectivity index (χ1) is 16.3. The van der Waals surface area contributed by atoms with E-state index in [1.54, 1.807) is 0 Å². The third-order valence-electron chi connectivity index (χ3n) is 6.35. The summed E-state index contributed by atoms with van der Waals surface area (Å²) in [6, 6.07) is 36.9. The van der Waals surface area contributed by atoms with Crippen LogP contribution in [0.5, 0.6) is 5.75 Å². The van der Waals surface area contributed by atoms with E-state index < -0.39 is 0 Å². The fourth-order valence-corrected chi connectivity index (χ4v) is 4.69. The molecule has 1 heteroatoms.